The predicted molar refractivity (Wildman–Crippen MR) is 72.1 cm³/mol. The molecule has 104 valence electrons. The third-order valence-corrected chi connectivity index (χ3v) is 1.84. The van der Waals surface area contributed by atoms with Crippen molar-refractivity contribution in [1.82, 2.24) is 0 Å². The monoisotopic (exact) mass is 256 g/mol. The minimum atomic E-state index is -0.499. The van der Waals surface area contributed by atoms with Crippen LogP contribution in [0.3, 0.4) is 0 Å². The summed E-state index contributed by atoms with van der Waals surface area (Å²) in [5.74, 6) is -0.998. The summed E-state index contributed by atoms with van der Waals surface area (Å²) in [5, 5.41) is 0. The molecule has 4 nitrogen and oxygen atoms in total. The molecule has 0 saturated heterocycles. The van der Waals surface area contributed by atoms with Crippen LogP contribution in [0.2, 0.25) is 0 Å². The molecule has 0 unspecified atom stereocenters. The molecule has 0 amide bonds. The Morgan fingerprint density at radius 1 is 0.889 bits per heavy atom. The lowest BCUT2D eigenvalue weighted by molar-refractivity contribution is -0.140. The predicted octanol–water partition coefficient (Wildman–Crippen LogP) is 3.03. The normalized spacial score (nSPS) is 9.44. The fourth-order valence-corrected chi connectivity index (χ4v) is 0.867. The van der Waals surface area contributed by atoms with Gasteiger partial charge in [0, 0.05) is 12.2 Å². The Hall–Kier alpha value is -1.58. The van der Waals surface area contributed by atoms with Crippen molar-refractivity contribution >= 4 is 11.9 Å². The molecule has 0 aliphatic rings. The highest BCUT2D eigenvalue weighted by Gasteiger charge is 2.00. The molecule has 0 fully saturated rings. The fraction of sp³-hybridized carbons (Fsp3) is 0.571. The summed E-state index contributed by atoms with van der Waals surface area (Å²) in [5.41, 5.74) is 0. The topological polar surface area (TPSA) is 52.6 Å². The molecule has 0 aliphatic carbocycles. The van der Waals surface area contributed by atoms with E-state index in [0.717, 1.165) is 37.8 Å². The molecule has 0 aromatic heterocycles. The zero-order chi connectivity index (χ0) is 14.2. The fourth-order valence-electron chi connectivity index (χ4n) is 0.867. The Balaban J connectivity index is 0. The second-order valence-corrected chi connectivity index (χ2v) is 3.38. The summed E-state index contributed by atoms with van der Waals surface area (Å²) in [7, 11) is 0. The third kappa shape index (κ3) is 14.4. The number of ether oxygens (including phenoxy) is 2. The summed E-state index contributed by atoms with van der Waals surface area (Å²) in [4.78, 5) is 22.1. The summed E-state index contributed by atoms with van der Waals surface area (Å²) < 4.78 is 9.65. The van der Waals surface area contributed by atoms with Gasteiger partial charge >= 0.3 is 11.9 Å². The first-order valence-electron chi connectivity index (χ1n) is 6.22. The lowest BCUT2D eigenvalue weighted by Gasteiger charge is -2.00. The van der Waals surface area contributed by atoms with Crippen LogP contribution in [0.25, 0.3) is 0 Å². The van der Waals surface area contributed by atoms with E-state index in [1.165, 1.54) is 0 Å². The molecule has 0 rings (SSSR count). The van der Waals surface area contributed by atoms with Gasteiger partial charge in [-0.2, -0.15) is 0 Å². The highest BCUT2D eigenvalue weighted by Crippen LogP contribution is 1.92. The molecular formula is C14H24O4. The summed E-state index contributed by atoms with van der Waals surface area (Å²) in [6.07, 6.45) is 5.81. The van der Waals surface area contributed by atoms with Gasteiger partial charge in [0.05, 0.1) is 13.2 Å². The van der Waals surface area contributed by atoms with Crippen LogP contribution in [-0.2, 0) is 19.1 Å². The van der Waals surface area contributed by atoms with Crippen molar-refractivity contribution in [3.63, 3.8) is 0 Å². The van der Waals surface area contributed by atoms with Crippen LogP contribution < -0.4 is 0 Å². The van der Waals surface area contributed by atoms with E-state index >= 15 is 0 Å². The van der Waals surface area contributed by atoms with Gasteiger partial charge in [-0.3, -0.25) is 0 Å². The molecular weight excluding hydrogens is 232 g/mol. The van der Waals surface area contributed by atoms with E-state index in [1.807, 2.05) is 13.8 Å². The van der Waals surface area contributed by atoms with E-state index in [4.69, 9.17) is 9.47 Å². The smallest absolute Gasteiger partial charge is 0.331 e. The molecule has 0 N–H and O–H groups in total. The van der Waals surface area contributed by atoms with Crippen LogP contribution in [0.1, 0.15) is 39.5 Å². The van der Waals surface area contributed by atoms with Crippen molar-refractivity contribution in [3.8, 4) is 0 Å². The number of unbranched alkanes of at least 4 members (excludes halogenated alkanes) is 2. The minimum absolute atomic E-state index is 0.393. The molecule has 0 saturated carbocycles. The summed E-state index contributed by atoms with van der Waals surface area (Å²) in [6, 6.07) is 0. The number of hydrogen-bond acceptors (Lipinski definition) is 4. The van der Waals surface area contributed by atoms with E-state index in [-0.39, 0.29) is 0 Å². The maximum absolute atomic E-state index is 11.0. The third-order valence-electron chi connectivity index (χ3n) is 1.84. The van der Waals surface area contributed by atoms with Gasteiger partial charge in [-0.25, -0.2) is 9.59 Å². The van der Waals surface area contributed by atoms with Crippen molar-refractivity contribution < 1.29 is 19.1 Å². The standard InChI is InChI=1S/C12H20O4.C2H4/c1-3-5-9-15-11(13)7-8-12(14)16-10-6-4-2;1-2/h7-8H,3-6,9-10H2,1-2H3;1-2H2/b8-7-;. The zero-order valence-corrected chi connectivity index (χ0v) is 11.4. The Labute approximate surface area is 110 Å². The van der Waals surface area contributed by atoms with Gasteiger partial charge < -0.3 is 9.47 Å². The number of rotatable bonds is 8. The van der Waals surface area contributed by atoms with Crippen molar-refractivity contribution in [3.05, 3.63) is 25.3 Å². The molecule has 0 aliphatic heterocycles. The SMILES string of the molecule is C=C.CCCCOC(=O)/C=C\C(=O)OCCCC. The molecule has 0 spiro atoms. The highest BCUT2D eigenvalue weighted by molar-refractivity contribution is 5.91. The van der Waals surface area contributed by atoms with E-state index in [1.54, 1.807) is 0 Å². The highest BCUT2D eigenvalue weighted by atomic mass is 16.5. The molecule has 0 aromatic carbocycles. The van der Waals surface area contributed by atoms with Crippen LogP contribution in [-0.4, -0.2) is 25.2 Å². The van der Waals surface area contributed by atoms with Crippen molar-refractivity contribution in [2.45, 2.75) is 39.5 Å². The van der Waals surface area contributed by atoms with Crippen LogP contribution in [0, 0.1) is 0 Å². The number of carbonyl (C=O) groups is 2. The Morgan fingerprint density at radius 3 is 1.50 bits per heavy atom. The van der Waals surface area contributed by atoms with Gasteiger partial charge in [-0.15, -0.1) is 13.2 Å². The van der Waals surface area contributed by atoms with Gasteiger partial charge in [0.25, 0.3) is 0 Å². The van der Waals surface area contributed by atoms with Crippen LogP contribution in [0.4, 0.5) is 0 Å². The number of carbonyl (C=O) groups excluding carboxylic acids is 2. The molecule has 0 aromatic rings. The lowest BCUT2D eigenvalue weighted by Crippen LogP contribution is -2.05. The minimum Gasteiger partial charge on any atom is -0.463 e. The van der Waals surface area contributed by atoms with E-state index in [0.29, 0.717) is 13.2 Å². The van der Waals surface area contributed by atoms with Gasteiger partial charge in [0.15, 0.2) is 0 Å². The van der Waals surface area contributed by atoms with Gasteiger partial charge in [0.1, 0.15) is 0 Å². The number of esters is 2. The van der Waals surface area contributed by atoms with Crippen molar-refractivity contribution in [2.75, 3.05) is 13.2 Å². The molecule has 0 radical (unpaired) electrons. The first-order valence-corrected chi connectivity index (χ1v) is 6.22. The van der Waals surface area contributed by atoms with E-state index < -0.39 is 11.9 Å². The maximum Gasteiger partial charge on any atom is 0.331 e. The largest absolute Gasteiger partial charge is 0.463 e. The molecule has 4 heteroatoms. The average Bonchev–Trinajstić information content (AvgIpc) is 2.39. The Kier molecular flexibility index (Phi) is 16.1. The molecule has 18 heavy (non-hydrogen) atoms. The van der Waals surface area contributed by atoms with Gasteiger partial charge in [0.2, 0.25) is 0 Å². The van der Waals surface area contributed by atoms with Crippen LogP contribution >= 0.6 is 0 Å². The number of hydrogen-bond donors (Lipinski definition) is 0. The Morgan fingerprint density at radius 2 is 1.22 bits per heavy atom. The van der Waals surface area contributed by atoms with E-state index in [9.17, 15) is 9.59 Å². The maximum atomic E-state index is 11.0. The second kappa shape index (κ2) is 15.4. The first kappa shape index (κ1) is 18.8. The zero-order valence-electron chi connectivity index (χ0n) is 11.4. The van der Waals surface area contributed by atoms with Gasteiger partial charge in [-0.05, 0) is 12.8 Å². The van der Waals surface area contributed by atoms with Gasteiger partial charge in [-0.1, -0.05) is 26.7 Å². The molecule has 0 heterocycles. The Bertz CT molecular complexity index is 222. The van der Waals surface area contributed by atoms with Crippen LogP contribution in [0.15, 0.2) is 25.3 Å². The van der Waals surface area contributed by atoms with Crippen LogP contribution in [0.5, 0.6) is 0 Å². The van der Waals surface area contributed by atoms with E-state index in [2.05, 4.69) is 13.2 Å². The van der Waals surface area contributed by atoms with Crippen molar-refractivity contribution in [1.29, 1.82) is 0 Å². The van der Waals surface area contributed by atoms with Crippen molar-refractivity contribution in [2.24, 2.45) is 0 Å². The summed E-state index contributed by atoms with van der Waals surface area (Å²) in [6.45, 7) is 10.8. The average molecular weight is 256 g/mol. The second-order valence-electron chi connectivity index (χ2n) is 3.38. The quantitative estimate of drug-likeness (QED) is 0.290. The first-order chi connectivity index (χ1) is 8.70. The lowest BCUT2D eigenvalue weighted by atomic mass is 10.4. The molecule has 0 bridgehead atoms. The molecule has 0 atom stereocenters. The summed E-state index contributed by atoms with van der Waals surface area (Å²) >= 11 is 0.